The molecule has 1 aromatic heterocycles. The molecule has 3 rings (SSSR count). The molecule has 126 valence electrons. The largest absolute Gasteiger partial charge is 0.376 e. The summed E-state index contributed by atoms with van der Waals surface area (Å²) in [7, 11) is 3.87. The molecule has 7 nitrogen and oxygen atoms in total. The van der Waals surface area contributed by atoms with Crippen LogP contribution in [0.1, 0.15) is 31.5 Å². The van der Waals surface area contributed by atoms with E-state index in [0.717, 1.165) is 24.2 Å². The van der Waals surface area contributed by atoms with Crippen LogP contribution in [0.2, 0.25) is 0 Å². The van der Waals surface area contributed by atoms with Crippen LogP contribution in [-0.4, -0.2) is 60.7 Å². The van der Waals surface area contributed by atoms with E-state index < -0.39 is 0 Å². The van der Waals surface area contributed by atoms with Crippen LogP contribution in [0.5, 0.6) is 0 Å². The summed E-state index contributed by atoms with van der Waals surface area (Å²) in [6, 6.07) is 0.127. The predicted octanol–water partition coefficient (Wildman–Crippen LogP) is 1.13. The predicted molar refractivity (Wildman–Crippen MR) is 87.6 cm³/mol. The highest BCUT2D eigenvalue weighted by atomic mass is 16.5. The first kappa shape index (κ1) is 16.0. The summed E-state index contributed by atoms with van der Waals surface area (Å²) in [4.78, 5) is 25.2. The minimum atomic E-state index is -0.213. The molecule has 2 amide bonds. The van der Waals surface area contributed by atoms with Crippen molar-refractivity contribution < 1.29 is 9.53 Å². The van der Waals surface area contributed by atoms with Gasteiger partial charge < -0.3 is 19.9 Å². The molecule has 1 atom stereocenters. The number of fused-ring (bicyclic) bond motifs is 2. The van der Waals surface area contributed by atoms with E-state index in [4.69, 9.17) is 9.72 Å². The molecule has 0 aromatic carbocycles. The number of rotatable bonds is 2. The van der Waals surface area contributed by atoms with E-state index in [2.05, 4.69) is 10.3 Å². The van der Waals surface area contributed by atoms with Crippen LogP contribution in [-0.2, 0) is 16.8 Å². The molecule has 2 aliphatic heterocycles. The highest BCUT2D eigenvalue weighted by Gasteiger charge is 2.46. The van der Waals surface area contributed by atoms with Gasteiger partial charge in [-0.1, -0.05) is 0 Å². The van der Waals surface area contributed by atoms with Crippen LogP contribution < -0.4 is 10.2 Å². The van der Waals surface area contributed by atoms with Gasteiger partial charge in [-0.05, 0) is 20.3 Å². The highest BCUT2D eigenvalue weighted by molar-refractivity contribution is 5.75. The minimum Gasteiger partial charge on any atom is -0.376 e. The fourth-order valence-corrected chi connectivity index (χ4v) is 3.30. The number of anilines is 1. The summed E-state index contributed by atoms with van der Waals surface area (Å²) >= 11 is 0. The van der Waals surface area contributed by atoms with Crippen LogP contribution in [0.4, 0.5) is 10.7 Å². The van der Waals surface area contributed by atoms with E-state index in [0.29, 0.717) is 25.7 Å². The molecular weight excluding hydrogens is 294 g/mol. The second kappa shape index (κ2) is 5.96. The van der Waals surface area contributed by atoms with Gasteiger partial charge in [0.1, 0.15) is 0 Å². The third-order valence-electron chi connectivity index (χ3n) is 4.44. The maximum absolute atomic E-state index is 12.3. The van der Waals surface area contributed by atoms with Gasteiger partial charge >= 0.3 is 6.03 Å². The Kier molecular flexibility index (Phi) is 4.14. The third-order valence-corrected chi connectivity index (χ3v) is 4.44. The third kappa shape index (κ3) is 2.97. The van der Waals surface area contributed by atoms with Crippen LogP contribution in [0.3, 0.4) is 0 Å². The number of likely N-dealkylation sites (tertiary alicyclic amines) is 1. The Balaban J connectivity index is 1.87. The number of nitrogens with zero attached hydrogens (tertiary/aromatic N) is 4. The van der Waals surface area contributed by atoms with Crippen molar-refractivity contribution in [3.05, 3.63) is 17.5 Å². The average molecular weight is 319 g/mol. The summed E-state index contributed by atoms with van der Waals surface area (Å²) in [5.74, 6) is 0.704. The SMILES string of the molecule is CC(C)NC(=O)N1CC[C@@]2(COCc3cnc(N(C)C)nc32)C1. The summed E-state index contributed by atoms with van der Waals surface area (Å²) in [6.45, 7) is 6.46. The van der Waals surface area contributed by atoms with Gasteiger partial charge in [-0.15, -0.1) is 0 Å². The lowest BCUT2D eigenvalue weighted by Crippen LogP contribution is -2.45. The maximum Gasteiger partial charge on any atom is 0.317 e. The van der Waals surface area contributed by atoms with Crippen molar-refractivity contribution in [3.8, 4) is 0 Å². The Morgan fingerprint density at radius 2 is 2.26 bits per heavy atom. The van der Waals surface area contributed by atoms with Crippen molar-refractivity contribution in [3.63, 3.8) is 0 Å². The maximum atomic E-state index is 12.3. The van der Waals surface area contributed by atoms with Gasteiger partial charge in [0.05, 0.1) is 24.3 Å². The fraction of sp³-hybridized carbons (Fsp3) is 0.688. The van der Waals surface area contributed by atoms with E-state index in [9.17, 15) is 4.79 Å². The van der Waals surface area contributed by atoms with Crippen molar-refractivity contribution in [2.45, 2.75) is 38.3 Å². The normalized spacial score (nSPS) is 23.3. The molecule has 1 spiro atoms. The van der Waals surface area contributed by atoms with Gasteiger partial charge in [0, 0.05) is 45.0 Å². The molecule has 0 aliphatic carbocycles. The van der Waals surface area contributed by atoms with Crippen LogP contribution in [0, 0.1) is 0 Å². The first-order valence-electron chi connectivity index (χ1n) is 8.08. The van der Waals surface area contributed by atoms with Crippen molar-refractivity contribution >= 4 is 12.0 Å². The Hall–Kier alpha value is -1.89. The Labute approximate surface area is 137 Å². The Bertz CT molecular complexity index is 604. The van der Waals surface area contributed by atoms with E-state index in [1.807, 2.05) is 43.9 Å². The number of amides is 2. The molecule has 1 aromatic rings. The number of nitrogens with one attached hydrogen (secondary N) is 1. The molecule has 0 saturated carbocycles. The van der Waals surface area contributed by atoms with Crippen LogP contribution in [0.25, 0.3) is 0 Å². The Morgan fingerprint density at radius 3 is 2.96 bits per heavy atom. The van der Waals surface area contributed by atoms with Gasteiger partial charge in [0.25, 0.3) is 0 Å². The second-order valence-corrected chi connectivity index (χ2v) is 6.99. The van der Waals surface area contributed by atoms with E-state index in [1.165, 1.54) is 0 Å². The number of hydrogen-bond acceptors (Lipinski definition) is 5. The van der Waals surface area contributed by atoms with E-state index in [-0.39, 0.29) is 17.5 Å². The molecule has 3 heterocycles. The van der Waals surface area contributed by atoms with Crippen molar-refractivity contribution in [1.29, 1.82) is 0 Å². The molecule has 2 aliphatic rings. The number of urea groups is 1. The van der Waals surface area contributed by atoms with Gasteiger partial charge in [0.15, 0.2) is 0 Å². The highest BCUT2D eigenvalue weighted by Crippen LogP contribution is 2.39. The molecule has 1 saturated heterocycles. The van der Waals surface area contributed by atoms with Gasteiger partial charge in [-0.3, -0.25) is 0 Å². The van der Waals surface area contributed by atoms with Crippen LogP contribution >= 0.6 is 0 Å². The molecule has 0 bridgehead atoms. The average Bonchev–Trinajstić information content (AvgIpc) is 2.92. The lowest BCUT2D eigenvalue weighted by molar-refractivity contribution is 0.0518. The van der Waals surface area contributed by atoms with Crippen molar-refractivity contribution in [1.82, 2.24) is 20.2 Å². The zero-order valence-electron chi connectivity index (χ0n) is 14.3. The summed E-state index contributed by atoms with van der Waals surface area (Å²) in [6.07, 6.45) is 2.73. The minimum absolute atomic E-state index is 0.00844. The monoisotopic (exact) mass is 319 g/mol. The van der Waals surface area contributed by atoms with Gasteiger partial charge in [-0.2, -0.15) is 0 Å². The lowest BCUT2D eigenvalue weighted by atomic mass is 9.80. The molecule has 0 radical (unpaired) electrons. The number of carbonyl (C=O) groups excluding carboxylic acids is 1. The fourth-order valence-electron chi connectivity index (χ4n) is 3.30. The molecular formula is C16H25N5O2. The zero-order chi connectivity index (χ0) is 16.6. The molecule has 1 fully saturated rings. The van der Waals surface area contributed by atoms with E-state index in [1.54, 1.807) is 0 Å². The number of aromatic nitrogens is 2. The van der Waals surface area contributed by atoms with Crippen LogP contribution in [0.15, 0.2) is 6.20 Å². The number of carbonyl (C=O) groups is 1. The molecule has 23 heavy (non-hydrogen) atoms. The van der Waals surface area contributed by atoms with E-state index >= 15 is 0 Å². The lowest BCUT2D eigenvalue weighted by Gasteiger charge is -2.34. The number of ether oxygens (including phenoxy) is 1. The smallest absolute Gasteiger partial charge is 0.317 e. The molecule has 7 heteroatoms. The van der Waals surface area contributed by atoms with Crippen molar-refractivity contribution in [2.75, 3.05) is 38.7 Å². The molecule has 1 N–H and O–H groups in total. The first-order valence-corrected chi connectivity index (χ1v) is 8.08. The zero-order valence-corrected chi connectivity index (χ0v) is 14.3. The number of hydrogen-bond donors (Lipinski definition) is 1. The summed E-state index contributed by atoms with van der Waals surface area (Å²) < 4.78 is 5.79. The summed E-state index contributed by atoms with van der Waals surface area (Å²) in [5.41, 5.74) is 1.87. The summed E-state index contributed by atoms with van der Waals surface area (Å²) in [5, 5.41) is 2.97. The van der Waals surface area contributed by atoms with Gasteiger partial charge in [-0.25, -0.2) is 14.8 Å². The standard InChI is InChI=1S/C16H25N5O2/c1-11(2)18-15(22)21-6-5-16(9-21)10-23-8-12-7-17-14(20(3)4)19-13(12)16/h7,11H,5-6,8-10H2,1-4H3,(H,18,22)/t16-/m0/s1. The quantitative estimate of drug-likeness (QED) is 0.885. The van der Waals surface area contributed by atoms with Crippen molar-refractivity contribution in [2.24, 2.45) is 0 Å². The van der Waals surface area contributed by atoms with Gasteiger partial charge in [0.2, 0.25) is 5.95 Å². The first-order chi connectivity index (χ1) is 10.9. The topological polar surface area (TPSA) is 70.6 Å². The molecule has 0 unspecified atom stereocenters. The Morgan fingerprint density at radius 1 is 1.48 bits per heavy atom. The second-order valence-electron chi connectivity index (χ2n) is 6.99.